The van der Waals surface area contributed by atoms with Crippen molar-refractivity contribution in [1.29, 1.82) is 0 Å². The third-order valence-corrected chi connectivity index (χ3v) is 5.51. The van der Waals surface area contributed by atoms with Gasteiger partial charge in [-0.15, -0.1) is 0 Å². The van der Waals surface area contributed by atoms with E-state index in [2.05, 4.69) is 31.8 Å². The lowest BCUT2D eigenvalue weighted by Crippen LogP contribution is -2.14. The van der Waals surface area contributed by atoms with Crippen LogP contribution in [0.15, 0.2) is 62.5 Å². The summed E-state index contributed by atoms with van der Waals surface area (Å²) < 4.78 is 19.8. The Morgan fingerprint density at radius 1 is 1.14 bits per heavy atom. The van der Waals surface area contributed by atoms with Crippen molar-refractivity contribution in [2.75, 3.05) is 10.7 Å². The topological polar surface area (TPSA) is 66.6 Å². The zero-order valence-corrected chi connectivity index (χ0v) is 17.3. The number of hydrogen-bond acceptors (Lipinski definition) is 4. The fraction of sp³-hybridized carbons (Fsp3) is 0.182. The molecule has 1 aliphatic rings. The van der Waals surface area contributed by atoms with Gasteiger partial charge in [0.1, 0.15) is 11.6 Å². The third kappa shape index (κ3) is 4.10. The number of carbonyl (C=O) groups is 1. The van der Waals surface area contributed by atoms with E-state index < -0.39 is 0 Å². The minimum Gasteiger partial charge on any atom is -0.455 e. The molecule has 0 atom stereocenters. The van der Waals surface area contributed by atoms with Gasteiger partial charge in [-0.2, -0.15) is 5.10 Å². The number of nitrogens with zero attached hydrogens (tertiary/aromatic N) is 1. The number of furan rings is 1. The summed E-state index contributed by atoms with van der Waals surface area (Å²) in [6.45, 7) is 1.87. The van der Waals surface area contributed by atoms with Gasteiger partial charge in [0.15, 0.2) is 5.76 Å². The molecule has 2 N–H and O–H groups in total. The second-order valence-corrected chi connectivity index (χ2v) is 7.67. The minimum atomic E-state index is -0.297. The van der Waals surface area contributed by atoms with Crippen LogP contribution in [0, 0.1) is 12.7 Å². The van der Waals surface area contributed by atoms with E-state index in [9.17, 15) is 9.18 Å². The van der Waals surface area contributed by atoms with Gasteiger partial charge in [-0.3, -0.25) is 10.2 Å². The minimum absolute atomic E-state index is 0.294. The molecule has 0 unspecified atom stereocenters. The Kier molecular flexibility index (Phi) is 5.49. The van der Waals surface area contributed by atoms with E-state index in [1.54, 1.807) is 12.1 Å². The number of hydrazone groups is 1. The maximum atomic E-state index is 13.1. The number of rotatable bonds is 4. The highest BCUT2D eigenvalue weighted by Crippen LogP contribution is 2.31. The molecule has 4 rings (SSSR count). The number of para-hydroxylation sites is 1. The van der Waals surface area contributed by atoms with Gasteiger partial charge in [0, 0.05) is 22.0 Å². The van der Waals surface area contributed by atoms with E-state index in [1.165, 1.54) is 12.1 Å². The van der Waals surface area contributed by atoms with Gasteiger partial charge in [0.2, 0.25) is 0 Å². The van der Waals surface area contributed by atoms with Crippen molar-refractivity contribution < 1.29 is 13.6 Å². The summed E-state index contributed by atoms with van der Waals surface area (Å²) in [5.74, 6) is 0.469. The van der Waals surface area contributed by atoms with E-state index in [-0.39, 0.29) is 11.7 Å². The molecule has 0 spiro atoms. The van der Waals surface area contributed by atoms with Crippen LogP contribution in [0.25, 0.3) is 0 Å². The first-order chi connectivity index (χ1) is 14.0. The van der Waals surface area contributed by atoms with Crippen LogP contribution in [0.2, 0.25) is 0 Å². The largest absolute Gasteiger partial charge is 0.455 e. The van der Waals surface area contributed by atoms with Gasteiger partial charge in [-0.25, -0.2) is 4.39 Å². The lowest BCUT2D eigenvalue weighted by atomic mass is 9.93. The standard InChI is InChI=1S/C22H19BrFN3O2/c1-13-20-18(27-26-15-11-9-14(24)10-12-15)7-4-8-19(20)29-21(13)22(28)25-17-6-3-2-5-16(17)23/h2-3,5-6,9-12,26H,4,7-8H2,1H3,(H,25,28)/b27-18+. The van der Waals surface area contributed by atoms with Crippen LogP contribution in [0.5, 0.6) is 0 Å². The zero-order valence-electron chi connectivity index (χ0n) is 15.8. The quantitative estimate of drug-likeness (QED) is 0.481. The number of anilines is 2. The van der Waals surface area contributed by atoms with Crippen molar-refractivity contribution in [2.45, 2.75) is 26.2 Å². The highest BCUT2D eigenvalue weighted by atomic mass is 79.9. The molecule has 1 aromatic heterocycles. The molecule has 0 fully saturated rings. The Labute approximate surface area is 176 Å². The van der Waals surface area contributed by atoms with E-state index in [1.807, 2.05) is 31.2 Å². The summed E-state index contributed by atoms with van der Waals surface area (Å²) >= 11 is 3.43. The molecule has 0 radical (unpaired) electrons. The number of hydrogen-bond donors (Lipinski definition) is 2. The molecule has 1 amide bonds. The summed E-state index contributed by atoms with van der Waals surface area (Å²) in [7, 11) is 0. The fourth-order valence-corrected chi connectivity index (χ4v) is 3.78. The second-order valence-electron chi connectivity index (χ2n) is 6.82. The summed E-state index contributed by atoms with van der Waals surface area (Å²) in [6, 6.07) is 13.4. The zero-order chi connectivity index (χ0) is 20.4. The van der Waals surface area contributed by atoms with Crippen LogP contribution >= 0.6 is 15.9 Å². The van der Waals surface area contributed by atoms with Gasteiger partial charge in [0.05, 0.1) is 17.1 Å². The van der Waals surface area contributed by atoms with Gasteiger partial charge < -0.3 is 9.73 Å². The molecular weight excluding hydrogens is 437 g/mol. The number of aryl methyl sites for hydroxylation is 1. The third-order valence-electron chi connectivity index (χ3n) is 4.82. The van der Waals surface area contributed by atoms with Crippen LogP contribution in [-0.2, 0) is 6.42 Å². The maximum Gasteiger partial charge on any atom is 0.291 e. The first-order valence-electron chi connectivity index (χ1n) is 9.29. The maximum absolute atomic E-state index is 13.1. The van der Waals surface area contributed by atoms with Crippen LogP contribution < -0.4 is 10.7 Å². The number of amides is 1. The molecular formula is C22H19BrFN3O2. The molecule has 2 aromatic carbocycles. The van der Waals surface area contributed by atoms with Gasteiger partial charge in [-0.05, 0) is 72.1 Å². The molecule has 0 bridgehead atoms. The van der Waals surface area contributed by atoms with Gasteiger partial charge in [0.25, 0.3) is 5.91 Å². The summed E-state index contributed by atoms with van der Waals surface area (Å²) in [5, 5.41) is 7.38. The molecule has 5 nitrogen and oxygen atoms in total. The first-order valence-corrected chi connectivity index (χ1v) is 10.1. The normalized spacial score (nSPS) is 14.5. The molecule has 0 aliphatic heterocycles. The SMILES string of the molecule is Cc1c(C(=O)Nc2ccccc2Br)oc2c1/C(=N/Nc1ccc(F)cc1)CCC2. The molecule has 1 heterocycles. The molecule has 0 saturated carbocycles. The molecule has 7 heteroatoms. The molecule has 3 aromatic rings. The van der Waals surface area contributed by atoms with E-state index in [0.29, 0.717) is 17.1 Å². The Morgan fingerprint density at radius 3 is 2.66 bits per heavy atom. The number of halogens is 2. The lowest BCUT2D eigenvalue weighted by molar-refractivity contribution is 0.0994. The Balaban J connectivity index is 1.60. The summed E-state index contributed by atoms with van der Waals surface area (Å²) in [5.41, 5.74) is 6.82. The highest BCUT2D eigenvalue weighted by Gasteiger charge is 2.28. The fourth-order valence-electron chi connectivity index (χ4n) is 3.39. The molecule has 148 valence electrons. The van der Waals surface area contributed by atoms with Gasteiger partial charge in [-0.1, -0.05) is 12.1 Å². The monoisotopic (exact) mass is 455 g/mol. The Bertz CT molecular complexity index is 1090. The molecule has 29 heavy (non-hydrogen) atoms. The highest BCUT2D eigenvalue weighted by molar-refractivity contribution is 9.10. The first kappa shape index (κ1) is 19.4. The average Bonchev–Trinajstić information content (AvgIpc) is 3.07. The van der Waals surface area contributed by atoms with Crippen LogP contribution in [0.3, 0.4) is 0 Å². The van der Waals surface area contributed by atoms with E-state index in [4.69, 9.17) is 4.42 Å². The van der Waals surface area contributed by atoms with Crippen molar-refractivity contribution in [1.82, 2.24) is 0 Å². The summed E-state index contributed by atoms with van der Waals surface area (Å²) in [6.07, 6.45) is 2.41. The van der Waals surface area contributed by atoms with Crippen molar-refractivity contribution in [3.05, 3.63) is 81.5 Å². The van der Waals surface area contributed by atoms with E-state index >= 15 is 0 Å². The Hall–Kier alpha value is -2.93. The molecule has 1 aliphatic carbocycles. The smallest absolute Gasteiger partial charge is 0.291 e. The van der Waals surface area contributed by atoms with E-state index in [0.717, 1.165) is 46.3 Å². The lowest BCUT2D eigenvalue weighted by Gasteiger charge is -2.13. The molecule has 0 saturated heterocycles. The number of benzene rings is 2. The predicted molar refractivity (Wildman–Crippen MR) is 115 cm³/mol. The average molecular weight is 456 g/mol. The number of nitrogens with one attached hydrogen (secondary N) is 2. The van der Waals surface area contributed by atoms with Gasteiger partial charge >= 0.3 is 0 Å². The van der Waals surface area contributed by atoms with Crippen molar-refractivity contribution in [3.63, 3.8) is 0 Å². The predicted octanol–water partition coefficient (Wildman–Crippen LogP) is 5.89. The summed E-state index contributed by atoms with van der Waals surface area (Å²) in [4.78, 5) is 12.8. The second kappa shape index (κ2) is 8.21. The van der Waals surface area contributed by atoms with Crippen LogP contribution in [-0.4, -0.2) is 11.6 Å². The Morgan fingerprint density at radius 2 is 1.90 bits per heavy atom. The number of carbonyl (C=O) groups excluding carboxylic acids is 1. The number of fused-ring (bicyclic) bond motifs is 1. The van der Waals surface area contributed by atoms with Crippen molar-refractivity contribution in [2.24, 2.45) is 5.10 Å². The van der Waals surface area contributed by atoms with Crippen molar-refractivity contribution >= 4 is 38.9 Å². The van der Waals surface area contributed by atoms with Crippen LogP contribution in [0.1, 0.15) is 40.3 Å². The van der Waals surface area contributed by atoms with Crippen molar-refractivity contribution in [3.8, 4) is 0 Å². The van der Waals surface area contributed by atoms with Crippen LogP contribution in [0.4, 0.5) is 15.8 Å².